The van der Waals surface area contributed by atoms with Crippen LogP contribution in [0.25, 0.3) is 10.9 Å². The number of aromatic nitrogens is 2. The molecule has 0 radical (unpaired) electrons. The third-order valence-corrected chi connectivity index (χ3v) is 5.06. The molecule has 1 atom stereocenters. The normalized spacial score (nSPS) is 17.7. The molecule has 26 heavy (non-hydrogen) atoms. The molecule has 4 rings (SSSR count). The number of nitrogens with one attached hydrogen (secondary N) is 2. The lowest BCUT2D eigenvalue weighted by atomic mass is 10.1. The monoisotopic (exact) mass is 348 g/mol. The van der Waals surface area contributed by atoms with Crippen LogP contribution in [0.1, 0.15) is 42.8 Å². The summed E-state index contributed by atoms with van der Waals surface area (Å²) in [4.78, 5) is 21.7. The molecule has 5 nitrogen and oxygen atoms in total. The molecule has 1 aliphatic heterocycles. The van der Waals surface area contributed by atoms with E-state index in [2.05, 4.69) is 45.5 Å². The summed E-state index contributed by atoms with van der Waals surface area (Å²) in [5, 5.41) is 4.09. The first-order valence-corrected chi connectivity index (χ1v) is 9.19. The first kappa shape index (κ1) is 16.8. The minimum atomic E-state index is -0.0279. The zero-order valence-corrected chi connectivity index (χ0v) is 15.0. The molecule has 1 aromatic carbocycles. The largest absolute Gasteiger partial charge is 0.361 e. The summed E-state index contributed by atoms with van der Waals surface area (Å²) < 4.78 is 0. The molecule has 134 valence electrons. The van der Waals surface area contributed by atoms with E-state index in [1.807, 2.05) is 18.3 Å². The molecular weight excluding hydrogens is 324 g/mol. The fourth-order valence-corrected chi connectivity index (χ4v) is 3.78. The molecule has 1 saturated heterocycles. The van der Waals surface area contributed by atoms with Crippen molar-refractivity contribution in [3.8, 4) is 0 Å². The van der Waals surface area contributed by atoms with E-state index < -0.39 is 0 Å². The predicted molar refractivity (Wildman–Crippen MR) is 102 cm³/mol. The van der Waals surface area contributed by atoms with Gasteiger partial charge in [-0.3, -0.25) is 14.7 Å². The maximum absolute atomic E-state index is 11.1. The lowest BCUT2D eigenvalue weighted by Crippen LogP contribution is -2.24. The van der Waals surface area contributed by atoms with Gasteiger partial charge in [-0.25, -0.2) is 0 Å². The molecule has 0 aliphatic carbocycles. The molecule has 1 amide bonds. The Balaban J connectivity index is 1.50. The number of pyridine rings is 1. The van der Waals surface area contributed by atoms with Crippen molar-refractivity contribution in [3.05, 3.63) is 65.6 Å². The second kappa shape index (κ2) is 7.30. The highest BCUT2D eigenvalue weighted by atomic mass is 16.1. The maximum atomic E-state index is 11.1. The molecule has 5 heteroatoms. The summed E-state index contributed by atoms with van der Waals surface area (Å²) >= 11 is 0. The fraction of sp³-hybridized carbons (Fsp3) is 0.333. The number of benzene rings is 1. The number of carbonyl (C=O) groups excluding carboxylic acids is 1. The SMILES string of the molecule is CC(=O)NCc1cccc(C2CCCN2Cc2ccc3[nH]ccc3c2)n1. The molecular formula is C21H24N4O. The minimum Gasteiger partial charge on any atom is -0.361 e. The van der Waals surface area contributed by atoms with Crippen molar-refractivity contribution in [2.45, 2.75) is 38.9 Å². The molecule has 1 fully saturated rings. The smallest absolute Gasteiger partial charge is 0.217 e. The molecule has 3 heterocycles. The van der Waals surface area contributed by atoms with E-state index in [1.165, 1.54) is 29.8 Å². The van der Waals surface area contributed by atoms with E-state index in [0.717, 1.165) is 30.9 Å². The Labute approximate surface area is 153 Å². The first-order valence-electron chi connectivity index (χ1n) is 9.19. The van der Waals surface area contributed by atoms with Crippen LogP contribution in [0, 0.1) is 0 Å². The van der Waals surface area contributed by atoms with Gasteiger partial charge in [0.05, 0.1) is 24.0 Å². The zero-order valence-electron chi connectivity index (χ0n) is 15.0. The summed E-state index contributed by atoms with van der Waals surface area (Å²) in [5.74, 6) is -0.0279. The van der Waals surface area contributed by atoms with Crippen LogP contribution in [0.3, 0.4) is 0 Å². The third-order valence-electron chi connectivity index (χ3n) is 5.06. The van der Waals surface area contributed by atoms with Crippen LogP contribution in [-0.2, 0) is 17.9 Å². The van der Waals surface area contributed by atoms with Gasteiger partial charge in [-0.1, -0.05) is 12.1 Å². The Hall–Kier alpha value is -2.66. The summed E-state index contributed by atoms with van der Waals surface area (Å²) in [6, 6.07) is 15.2. The number of hydrogen-bond acceptors (Lipinski definition) is 3. The third kappa shape index (κ3) is 3.63. The standard InChI is InChI=1S/C21H24N4O/c1-15(26)23-13-18-4-2-5-20(24-18)21-6-3-11-25(21)14-16-7-8-19-17(12-16)9-10-22-19/h2,4-5,7-10,12,21-22H,3,6,11,13-14H2,1H3,(H,23,26). The number of H-pyrrole nitrogens is 1. The molecule has 3 aromatic rings. The topological polar surface area (TPSA) is 61.0 Å². The van der Waals surface area contributed by atoms with Crippen molar-refractivity contribution in [3.63, 3.8) is 0 Å². The predicted octanol–water partition coefficient (Wildman–Crippen LogP) is 3.54. The van der Waals surface area contributed by atoms with Gasteiger partial charge in [-0.05, 0) is 60.7 Å². The number of aromatic amines is 1. The van der Waals surface area contributed by atoms with Gasteiger partial charge < -0.3 is 10.3 Å². The number of hydrogen-bond donors (Lipinski definition) is 2. The van der Waals surface area contributed by atoms with Crippen LogP contribution in [0.15, 0.2) is 48.7 Å². The Morgan fingerprint density at radius 3 is 3.12 bits per heavy atom. The number of nitrogens with zero attached hydrogens (tertiary/aromatic N) is 2. The lowest BCUT2D eigenvalue weighted by Gasteiger charge is -2.24. The summed E-state index contributed by atoms with van der Waals surface area (Å²) in [6.07, 6.45) is 4.30. The van der Waals surface area contributed by atoms with E-state index in [1.54, 1.807) is 0 Å². The summed E-state index contributed by atoms with van der Waals surface area (Å²) in [7, 11) is 0. The highest BCUT2D eigenvalue weighted by Crippen LogP contribution is 2.32. The quantitative estimate of drug-likeness (QED) is 0.741. The van der Waals surface area contributed by atoms with E-state index in [9.17, 15) is 4.79 Å². The first-order chi connectivity index (χ1) is 12.7. The summed E-state index contributed by atoms with van der Waals surface area (Å²) in [5.41, 5.74) is 4.53. The van der Waals surface area contributed by atoms with Gasteiger partial charge in [-0.2, -0.15) is 0 Å². The van der Waals surface area contributed by atoms with E-state index in [4.69, 9.17) is 4.98 Å². The van der Waals surface area contributed by atoms with E-state index in [-0.39, 0.29) is 5.91 Å². The number of carbonyl (C=O) groups is 1. The lowest BCUT2D eigenvalue weighted by molar-refractivity contribution is -0.119. The molecule has 0 saturated carbocycles. The summed E-state index contributed by atoms with van der Waals surface area (Å²) in [6.45, 7) is 4.04. The van der Waals surface area contributed by atoms with Gasteiger partial charge in [0.2, 0.25) is 5.91 Å². The van der Waals surface area contributed by atoms with Crippen molar-refractivity contribution in [2.75, 3.05) is 6.54 Å². The average Bonchev–Trinajstić information content (AvgIpc) is 3.29. The molecule has 0 bridgehead atoms. The second-order valence-corrected chi connectivity index (χ2v) is 6.99. The molecule has 0 spiro atoms. The van der Waals surface area contributed by atoms with E-state index in [0.29, 0.717) is 12.6 Å². The van der Waals surface area contributed by atoms with Crippen molar-refractivity contribution >= 4 is 16.8 Å². The van der Waals surface area contributed by atoms with Crippen LogP contribution in [-0.4, -0.2) is 27.3 Å². The van der Waals surface area contributed by atoms with Gasteiger partial charge in [0, 0.05) is 25.2 Å². The average molecular weight is 348 g/mol. The number of rotatable bonds is 5. The van der Waals surface area contributed by atoms with Crippen molar-refractivity contribution in [1.29, 1.82) is 0 Å². The Kier molecular flexibility index (Phi) is 4.71. The Morgan fingerprint density at radius 1 is 1.31 bits per heavy atom. The zero-order chi connectivity index (χ0) is 17.9. The van der Waals surface area contributed by atoms with Crippen LogP contribution in [0.5, 0.6) is 0 Å². The van der Waals surface area contributed by atoms with Gasteiger partial charge in [0.25, 0.3) is 0 Å². The molecule has 1 unspecified atom stereocenters. The van der Waals surface area contributed by atoms with Crippen molar-refractivity contribution in [2.24, 2.45) is 0 Å². The van der Waals surface area contributed by atoms with E-state index >= 15 is 0 Å². The van der Waals surface area contributed by atoms with Crippen LogP contribution >= 0.6 is 0 Å². The number of likely N-dealkylation sites (tertiary alicyclic amines) is 1. The second-order valence-electron chi connectivity index (χ2n) is 6.99. The van der Waals surface area contributed by atoms with Gasteiger partial charge >= 0.3 is 0 Å². The maximum Gasteiger partial charge on any atom is 0.217 e. The van der Waals surface area contributed by atoms with Gasteiger partial charge in [-0.15, -0.1) is 0 Å². The number of fused-ring (bicyclic) bond motifs is 1. The molecule has 2 N–H and O–H groups in total. The highest BCUT2D eigenvalue weighted by molar-refractivity contribution is 5.79. The highest BCUT2D eigenvalue weighted by Gasteiger charge is 2.27. The van der Waals surface area contributed by atoms with Gasteiger partial charge in [0.1, 0.15) is 0 Å². The van der Waals surface area contributed by atoms with Gasteiger partial charge in [0.15, 0.2) is 0 Å². The van der Waals surface area contributed by atoms with Crippen LogP contribution in [0.4, 0.5) is 0 Å². The van der Waals surface area contributed by atoms with Crippen LogP contribution < -0.4 is 5.32 Å². The van der Waals surface area contributed by atoms with Crippen molar-refractivity contribution in [1.82, 2.24) is 20.2 Å². The van der Waals surface area contributed by atoms with Crippen molar-refractivity contribution < 1.29 is 4.79 Å². The minimum absolute atomic E-state index is 0.0279. The Morgan fingerprint density at radius 2 is 2.23 bits per heavy atom. The number of amides is 1. The fourth-order valence-electron chi connectivity index (χ4n) is 3.78. The molecule has 1 aliphatic rings. The Bertz CT molecular complexity index is 917. The molecule has 2 aromatic heterocycles. The van der Waals surface area contributed by atoms with Crippen LogP contribution in [0.2, 0.25) is 0 Å².